The number of anilines is 1. The van der Waals surface area contributed by atoms with Crippen molar-refractivity contribution in [1.29, 1.82) is 0 Å². The minimum absolute atomic E-state index is 0.132. The molecule has 4 rings (SSSR count). The summed E-state index contributed by atoms with van der Waals surface area (Å²) < 4.78 is 32.2. The number of alkyl halides is 2. The summed E-state index contributed by atoms with van der Waals surface area (Å²) in [5.74, 6) is -0.0936. The molecule has 1 aliphatic rings. The molecular formula is C24H27F2N5O2. The summed E-state index contributed by atoms with van der Waals surface area (Å²) in [4.78, 5) is 17.8. The Balaban J connectivity index is 1.66. The maximum absolute atomic E-state index is 13.7. The molecule has 1 N–H and O–H groups in total. The molecule has 0 radical (unpaired) electrons. The minimum atomic E-state index is -3.04. The monoisotopic (exact) mass is 455 g/mol. The van der Waals surface area contributed by atoms with Gasteiger partial charge in [0.05, 0.1) is 11.6 Å². The topological polar surface area (TPSA) is 81.9 Å². The Hall–Kier alpha value is -3.36. The Morgan fingerprint density at radius 1 is 1.24 bits per heavy atom. The first-order chi connectivity index (χ1) is 15.8. The van der Waals surface area contributed by atoms with Gasteiger partial charge < -0.3 is 10.1 Å². The highest BCUT2D eigenvalue weighted by Gasteiger charge is 2.52. The molecule has 0 bridgehead atoms. The maximum atomic E-state index is 13.7. The van der Waals surface area contributed by atoms with Crippen molar-refractivity contribution in [3.05, 3.63) is 65.6 Å². The van der Waals surface area contributed by atoms with E-state index in [9.17, 15) is 13.6 Å². The number of aromatic nitrogens is 4. The van der Waals surface area contributed by atoms with Gasteiger partial charge in [0, 0.05) is 18.4 Å². The van der Waals surface area contributed by atoms with E-state index in [1.54, 1.807) is 36.1 Å². The number of benzene rings is 1. The summed E-state index contributed by atoms with van der Waals surface area (Å²) in [6.45, 7) is 3.47. The average Bonchev–Trinajstić information content (AvgIpc) is 3.25. The molecule has 0 unspecified atom stereocenters. The van der Waals surface area contributed by atoms with Crippen LogP contribution in [-0.4, -0.2) is 32.5 Å². The number of hydrogen-bond donors (Lipinski definition) is 1. The molecular weight excluding hydrogens is 428 g/mol. The number of hydrogen-bond acceptors (Lipinski definition) is 5. The summed E-state index contributed by atoms with van der Waals surface area (Å²) in [6, 6.07) is 11.1. The van der Waals surface area contributed by atoms with Gasteiger partial charge in [-0.05, 0) is 54.9 Å². The lowest BCUT2D eigenvalue weighted by Gasteiger charge is -2.47. The highest BCUT2D eigenvalue weighted by Crippen LogP contribution is 2.51. The predicted molar refractivity (Wildman–Crippen MR) is 119 cm³/mol. The molecule has 0 spiro atoms. The number of carbonyl (C=O) groups is 1. The number of ether oxygens (including phenoxy) is 1. The van der Waals surface area contributed by atoms with Crippen LogP contribution in [0.1, 0.15) is 49.4 Å². The van der Waals surface area contributed by atoms with Crippen LogP contribution in [0.25, 0.3) is 0 Å². The average molecular weight is 456 g/mol. The molecule has 9 heteroatoms. The molecule has 1 saturated carbocycles. The molecule has 2 aromatic heterocycles. The van der Waals surface area contributed by atoms with Crippen LogP contribution in [0.4, 0.5) is 14.5 Å². The molecule has 0 atom stereocenters. The normalized spacial score (nSPS) is 20.0. The van der Waals surface area contributed by atoms with Crippen LogP contribution >= 0.6 is 0 Å². The third kappa shape index (κ3) is 4.72. The second-order valence-electron chi connectivity index (χ2n) is 8.86. The molecule has 0 aliphatic heterocycles. The molecule has 2 heterocycles. The molecule has 1 amide bonds. The van der Waals surface area contributed by atoms with E-state index in [-0.39, 0.29) is 29.3 Å². The van der Waals surface area contributed by atoms with Crippen molar-refractivity contribution in [2.75, 3.05) is 5.32 Å². The maximum Gasteiger partial charge on any atom is 0.388 e. The Morgan fingerprint density at radius 3 is 2.67 bits per heavy atom. The number of halogens is 2. The van der Waals surface area contributed by atoms with Gasteiger partial charge in [0.2, 0.25) is 11.8 Å². The summed E-state index contributed by atoms with van der Waals surface area (Å²) in [7, 11) is 0. The number of amides is 1. The Bertz CT molecular complexity index is 1110. The minimum Gasteiger partial charge on any atom is -0.415 e. The summed E-state index contributed by atoms with van der Waals surface area (Å²) in [5.41, 5.74) is 1.91. The second-order valence-corrected chi connectivity index (χ2v) is 8.86. The largest absolute Gasteiger partial charge is 0.415 e. The van der Waals surface area contributed by atoms with Crippen molar-refractivity contribution in [3.63, 3.8) is 0 Å². The number of rotatable bonds is 8. The number of nitrogens with zero attached hydrogens (tertiary/aromatic N) is 4. The number of aryl methyl sites for hydroxylation is 1. The summed E-state index contributed by atoms with van der Waals surface area (Å²) >= 11 is 0. The zero-order chi connectivity index (χ0) is 23.6. The molecule has 1 aliphatic carbocycles. The standard InChI is InChI=1S/C24H27F2N5O2/c1-15(2)18-6-4-5-7-19(18)24(12-17(13-24)14-31-11-10-27-30-31)22(32)29-20-9-8-16(3)28-21(20)33-23(25)26/h4-11,15,17,23H,12-14H2,1-3H3,(H,29,32). The van der Waals surface area contributed by atoms with Crippen molar-refractivity contribution < 1.29 is 18.3 Å². The molecule has 3 aromatic rings. The van der Waals surface area contributed by atoms with Crippen LogP contribution in [-0.2, 0) is 16.8 Å². The van der Waals surface area contributed by atoms with Gasteiger partial charge in [0.25, 0.3) is 0 Å². The van der Waals surface area contributed by atoms with Crippen LogP contribution in [0, 0.1) is 12.8 Å². The van der Waals surface area contributed by atoms with Crippen molar-refractivity contribution in [2.45, 2.75) is 58.1 Å². The lowest BCUT2D eigenvalue weighted by atomic mass is 9.56. The zero-order valence-electron chi connectivity index (χ0n) is 18.8. The van der Waals surface area contributed by atoms with Crippen molar-refractivity contribution in [1.82, 2.24) is 20.0 Å². The number of pyridine rings is 1. The molecule has 1 aromatic carbocycles. The zero-order valence-corrected chi connectivity index (χ0v) is 18.8. The Morgan fingerprint density at radius 2 is 2.00 bits per heavy atom. The smallest absolute Gasteiger partial charge is 0.388 e. The van der Waals surface area contributed by atoms with Gasteiger partial charge in [0.15, 0.2) is 0 Å². The fourth-order valence-electron chi connectivity index (χ4n) is 4.66. The van der Waals surface area contributed by atoms with E-state index >= 15 is 0 Å². The van der Waals surface area contributed by atoms with E-state index < -0.39 is 12.0 Å². The SMILES string of the molecule is Cc1ccc(NC(=O)C2(c3ccccc3C(C)C)CC(Cn3ccnn3)C2)c(OC(F)F)n1. The van der Waals surface area contributed by atoms with Crippen LogP contribution in [0.3, 0.4) is 0 Å². The Kier molecular flexibility index (Phi) is 6.40. The van der Waals surface area contributed by atoms with E-state index in [4.69, 9.17) is 0 Å². The van der Waals surface area contributed by atoms with Crippen LogP contribution in [0.15, 0.2) is 48.8 Å². The lowest BCUT2D eigenvalue weighted by molar-refractivity contribution is -0.127. The highest BCUT2D eigenvalue weighted by atomic mass is 19.3. The van der Waals surface area contributed by atoms with Gasteiger partial charge >= 0.3 is 6.61 Å². The van der Waals surface area contributed by atoms with Crippen molar-refractivity contribution in [2.24, 2.45) is 5.92 Å². The van der Waals surface area contributed by atoms with Gasteiger partial charge in [-0.25, -0.2) is 4.98 Å². The first-order valence-electron chi connectivity index (χ1n) is 11.0. The third-order valence-electron chi connectivity index (χ3n) is 6.17. The van der Waals surface area contributed by atoms with Crippen molar-refractivity contribution >= 4 is 11.6 Å². The van der Waals surface area contributed by atoms with E-state index in [2.05, 4.69) is 39.2 Å². The van der Waals surface area contributed by atoms with Crippen LogP contribution in [0.5, 0.6) is 5.88 Å². The first kappa shape index (κ1) is 22.8. The van der Waals surface area contributed by atoms with Gasteiger partial charge in [-0.1, -0.05) is 43.3 Å². The molecule has 174 valence electrons. The van der Waals surface area contributed by atoms with Gasteiger partial charge in [0.1, 0.15) is 5.69 Å². The summed E-state index contributed by atoms with van der Waals surface area (Å²) in [6.07, 6.45) is 4.63. The van der Waals surface area contributed by atoms with Gasteiger partial charge in [-0.2, -0.15) is 8.78 Å². The number of carbonyl (C=O) groups excluding carboxylic acids is 1. The first-order valence-corrected chi connectivity index (χ1v) is 11.0. The van der Waals surface area contributed by atoms with E-state index in [0.717, 1.165) is 11.1 Å². The van der Waals surface area contributed by atoms with E-state index in [1.165, 1.54) is 0 Å². The fourth-order valence-corrected chi connectivity index (χ4v) is 4.66. The predicted octanol–water partition coefficient (Wildman–Crippen LogP) is 4.69. The van der Waals surface area contributed by atoms with Crippen LogP contribution < -0.4 is 10.1 Å². The molecule has 33 heavy (non-hydrogen) atoms. The second kappa shape index (κ2) is 9.25. The van der Waals surface area contributed by atoms with Gasteiger partial charge in [-0.3, -0.25) is 9.48 Å². The van der Waals surface area contributed by atoms with E-state index in [1.807, 2.05) is 24.3 Å². The molecule has 0 saturated heterocycles. The third-order valence-corrected chi connectivity index (χ3v) is 6.17. The number of nitrogens with one attached hydrogen (secondary N) is 1. The molecule has 1 fully saturated rings. The van der Waals surface area contributed by atoms with Crippen molar-refractivity contribution in [3.8, 4) is 5.88 Å². The highest BCUT2D eigenvalue weighted by molar-refractivity contribution is 6.01. The van der Waals surface area contributed by atoms with E-state index in [0.29, 0.717) is 25.1 Å². The quantitative estimate of drug-likeness (QED) is 0.533. The van der Waals surface area contributed by atoms with Crippen LogP contribution in [0.2, 0.25) is 0 Å². The summed E-state index contributed by atoms with van der Waals surface area (Å²) in [5, 5.41) is 10.7. The lowest BCUT2D eigenvalue weighted by Crippen LogP contribution is -2.52. The molecule has 7 nitrogen and oxygen atoms in total. The fraction of sp³-hybridized carbons (Fsp3) is 0.417. The van der Waals surface area contributed by atoms with Gasteiger partial charge in [-0.15, -0.1) is 5.10 Å². The Labute approximate surface area is 191 Å².